The average molecular weight is 688 g/mol. The van der Waals surface area contributed by atoms with Gasteiger partial charge in [-0.25, -0.2) is 4.39 Å². The van der Waals surface area contributed by atoms with Crippen molar-refractivity contribution in [3.63, 3.8) is 0 Å². The zero-order valence-electron chi connectivity index (χ0n) is 25.8. The number of imide groups is 1. The molecule has 48 heavy (non-hydrogen) atoms. The second-order valence-electron chi connectivity index (χ2n) is 12.6. The summed E-state index contributed by atoms with van der Waals surface area (Å²) in [6.07, 6.45) is 0.691. The van der Waals surface area contributed by atoms with Crippen LogP contribution >= 0.6 is 23.1 Å². The standard InChI is InChI=1S/C35H30FN3O7S2/c1-45-23-12-3-16(13-24(23)46-2)26-27-21-14-22(29-28(21)32(42)39(33(29)43)19-8-4-17(36)5-9-19)30(27)47-34-31(26)48-35(44)38(34)15-25(41)37-18-6-10-20(40)11-7-18/h3-13,21-22,26-30,40H,14-15H2,1-2H3,(H,37,41). The molecule has 2 saturated carbocycles. The molecule has 2 aliphatic carbocycles. The third kappa shape index (κ3) is 4.66. The molecule has 13 heteroatoms. The average Bonchev–Trinajstić information content (AvgIpc) is 3.80. The van der Waals surface area contributed by atoms with Gasteiger partial charge in [-0.1, -0.05) is 17.4 Å². The first kappa shape index (κ1) is 30.7. The second kappa shape index (κ2) is 11.5. The molecule has 3 fully saturated rings. The van der Waals surface area contributed by atoms with E-state index in [0.29, 0.717) is 34.3 Å². The van der Waals surface area contributed by atoms with Crippen molar-refractivity contribution in [3.05, 3.63) is 92.7 Å². The van der Waals surface area contributed by atoms with Crippen LogP contribution in [0.1, 0.15) is 22.8 Å². The Morgan fingerprint density at radius 1 is 0.938 bits per heavy atom. The Morgan fingerprint density at radius 3 is 2.31 bits per heavy atom. The van der Waals surface area contributed by atoms with Gasteiger partial charge in [0.25, 0.3) is 0 Å². The normalized spacial score (nSPS) is 26.6. The smallest absolute Gasteiger partial charge is 0.308 e. The molecule has 8 rings (SSSR count). The predicted molar refractivity (Wildman–Crippen MR) is 177 cm³/mol. The summed E-state index contributed by atoms with van der Waals surface area (Å²) in [5.41, 5.74) is 1.74. The van der Waals surface area contributed by atoms with E-state index in [1.807, 2.05) is 18.2 Å². The second-order valence-corrected chi connectivity index (χ2v) is 14.7. The van der Waals surface area contributed by atoms with Crippen molar-refractivity contribution in [1.82, 2.24) is 4.57 Å². The number of phenolic OH excluding ortho intramolecular Hbond substituents is 1. The molecule has 2 bridgehead atoms. The Labute approximate surface area is 282 Å². The number of hydrogen-bond donors (Lipinski definition) is 2. The summed E-state index contributed by atoms with van der Waals surface area (Å²) in [6, 6.07) is 17.2. The van der Waals surface area contributed by atoms with Crippen molar-refractivity contribution >= 4 is 52.2 Å². The van der Waals surface area contributed by atoms with Crippen molar-refractivity contribution in [3.8, 4) is 17.2 Å². The van der Waals surface area contributed by atoms with E-state index in [0.717, 1.165) is 21.8 Å². The molecule has 10 nitrogen and oxygen atoms in total. The Bertz CT molecular complexity index is 2030. The van der Waals surface area contributed by atoms with Crippen LogP contribution in [0.2, 0.25) is 0 Å². The van der Waals surface area contributed by atoms with Gasteiger partial charge in [-0.3, -0.25) is 28.6 Å². The Balaban J connectivity index is 1.20. The molecule has 1 saturated heterocycles. The highest BCUT2D eigenvalue weighted by Crippen LogP contribution is 2.69. The van der Waals surface area contributed by atoms with E-state index < -0.39 is 23.6 Å². The number of rotatable bonds is 7. The number of carbonyl (C=O) groups is 3. The Morgan fingerprint density at radius 2 is 1.62 bits per heavy atom. The van der Waals surface area contributed by atoms with Gasteiger partial charge in [0, 0.05) is 21.7 Å². The molecule has 2 N–H and O–H groups in total. The summed E-state index contributed by atoms with van der Waals surface area (Å²) in [6.45, 7) is -0.218. The van der Waals surface area contributed by atoms with Gasteiger partial charge in [0.15, 0.2) is 11.5 Å². The van der Waals surface area contributed by atoms with Crippen molar-refractivity contribution < 1.29 is 33.4 Å². The number of nitrogens with zero attached hydrogens (tertiary/aromatic N) is 2. The largest absolute Gasteiger partial charge is 0.508 e. The highest BCUT2D eigenvalue weighted by molar-refractivity contribution is 8.00. The minimum Gasteiger partial charge on any atom is -0.508 e. The molecule has 3 amide bonds. The summed E-state index contributed by atoms with van der Waals surface area (Å²) in [4.78, 5) is 56.6. The SMILES string of the molecule is COc1ccc(C2c3sc(=O)n(CC(=O)Nc4ccc(O)cc4)c3SC3C4CC(C5C(=O)N(c6ccc(F)cc6)C(=O)C45)C23)cc1OC. The number of aromatic nitrogens is 1. The molecule has 246 valence electrons. The number of halogens is 1. The quantitative estimate of drug-likeness (QED) is 0.203. The molecule has 2 aliphatic heterocycles. The van der Waals surface area contributed by atoms with Crippen LogP contribution in [-0.2, 0) is 20.9 Å². The molecule has 7 unspecified atom stereocenters. The Kier molecular flexibility index (Phi) is 7.37. The minimum atomic E-state index is -0.523. The van der Waals surface area contributed by atoms with Crippen molar-refractivity contribution in [1.29, 1.82) is 0 Å². The van der Waals surface area contributed by atoms with Crippen LogP contribution < -0.4 is 24.6 Å². The maximum Gasteiger partial charge on any atom is 0.308 e. The van der Waals surface area contributed by atoms with Crippen molar-refractivity contribution in [2.75, 3.05) is 24.4 Å². The number of amides is 3. The number of nitrogens with one attached hydrogen (secondary N) is 1. The van der Waals surface area contributed by atoms with Gasteiger partial charge in [-0.15, -0.1) is 11.8 Å². The highest BCUT2D eigenvalue weighted by Gasteiger charge is 2.70. The van der Waals surface area contributed by atoms with Crippen molar-refractivity contribution in [2.24, 2.45) is 29.6 Å². The summed E-state index contributed by atoms with van der Waals surface area (Å²) in [5, 5.41) is 13.0. The molecule has 3 heterocycles. The third-order valence-electron chi connectivity index (χ3n) is 10.3. The first-order chi connectivity index (χ1) is 23.2. The number of aromatic hydroxyl groups is 1. The number of hydrogen-bond acceptors (Lipinski definition) is 9. The van der Waals surface area contributed by atoms with Gasteiger partial charge in [-0.05, 0) is 90.4 Å². The van der Waals surface area contributed by atoms with E-state index in [4.69, 9.17) is 9.47 Å². The van der Waals surface area contributed by atoms with Crippen LogP contribution in [0.3, 0.4) is 0 Å². The fourth-order valence-electron chi connectivity index (χ4n) is 8.41. The summed E-state index contributed by atoms with van der Waals surface area (Å²) < 4.78 is 26.4. The van der Waals surface area contributed by atoms with E-state index in [1.165, 1.54) is 57.6 Å². The van der Waals surface area contributed by atoms with E-state index in [9.17, 15) is 28.7 Å². The first-order valence-corrected chi connectivity index (χ1v) is 17.2. The van der Waals surface area contributed by atoms with Crippen LogP contribution in [0.5, 0.6) is 17.2 Å². The molecular formula is C35H30FN3O7S2. The molecule has 0 spiro atoms. The fraction of sp³-hybridized carbons (Fsp3) is 0.314. The van der Waals surface area contributed by atoms with Crippen molar-refractivity contribution in [2.45, 2.75) is 29.2 Å². The third-order valence-corrected chi connectivity index (χ3v) is 13.0. The van der Waals surface area contributed by atoms with Crippen LogP contribution in [0.25, 0.3) is 0 Å². The predicted octanol–water partition coefficient (Wildman–Crippen LogP) is 5.09. The maximum absolute atomic E-state index is 14.0. The van der Waals surface area contributed by atoms with Gasteiger partial charge < -0.3 is 19.9 Å². The number of phenols is 1. The monoisotopic (exact) mass is 687 g/mol. The molecule has 0 radical (unpaired) electrons. The first-order valence-electron chi connectivity index (χ1n) is 15.5. The summed E-state index contributed by atoms with van der Waals surface area (Å²) >= 11 is 2.63. The minimum absolute atomic E-state index is 0.0691. The molecule has 4 aromatic rings. The lowest BCUT2D eigenvalue weighted by molar-refractivity contribution is -0.123. The molecule has 3 aromatic carbocycles. The lowest BCUT2D eigenvalue weighted by Gasteiger charge is -2.43. The number of thiazole rings is 1. The van der Waals surface area contributed by atoms with Gasteiger partial charge in [0.05, 0.1) is 36.8 Å². The number of thioether (sulfide) groups is 1. The fourth-order valence-corrected chi connectivity index (χ4v) is 11.6. The van der Waals surface area contributed by atoms with Gasteiger partial charge in [0.1, 0.15) is 18.1 Å². The van der Waals surface area contributed by atoms with E-state index in [1.54, 1.807) is 26.4 Å². The summed E-state index contributed by atoms with van der Waals surface area (Å²) in [5.74, 6) is -1.91. The van der Waals surface area contributed by atoms with Gasteiger partial charge >= 0.3 is 4.87 Å². The molecule has 7 atom stereocenters. The number of anilines is 2. The number of carbonyl (C=O) groups excluding carboxylic acids is 3. The lowest BCUT2D eigenvalue weighted by Crippen LogP contribution is -2.43. The van der Waals surface area contributed by atoms with Crippen LogP contribution in [0.15, 0.2) is 76.6 Å². The number of ether oxygens (including phenoxy) is 2. The maximum atomic E-state index is 14.0. The molecule has 1 aromatic heterocycles. The van der Waals surface area contributed by atoms with Crippen LogP contribution in [-0.4, -0.2) is 46.9 Å². The zero-order chi connectivity index (χ0) is 33.4. The van der Waals surface area contributed by atoms with E-state index in [-0.39, 0.29) is 57.9 Å². The molecular weight excluding hydrogens is 658 g/mol. The molecule has 4 aliphatic rings. The number of methoxy groups -OCH3 is 2. The van der Waals surface area contributed by atoms with Crippen LogP contribution in [0, 0.1) is 35.4 Å². The number of fused-ring (bicyclic) bond motifs is 9. The highest BCUT2D eigenvalue weighted by atomic mass is 32.2. The van der Waals surface area contributed by atoms with Gasteiger partial charge in [0.2, 0.25) is 17.7 Å². The topological polar surface area (TPSA) is 127 Å². The van der Waals surface area contributed by atoms with Gasteiger partial charge in [-0.2, -0.15) is 0 Å². The lowest BCUT2D eigenvalue weighted by atomic mass is 9.68. The van der Waals surface area contributed by atoms with Crippen LogP contribution in [0.4, 0.5) is 15.8 Å². The Hall–Kier alpha value is -4.62. The van der Waals surface area contributed by atoms with E-state index in [2.05, 4.69) is 5.32 Å². The van der Waals surface area contributed by atoms with E-state index >= 15 is 0 Å². The summed E-state index contributed by atoms with van der Waals surface area (Å²) in [7, 11) is 3.12. The zero-order valence-corrected chi connectivity index (χ0v) is 27.4. The number of benzene rings is 3.